The fourth-order valence-electron chi connectivity index (χ4n) is 6.58. The summed E-state index contributed by atoms with van der Waals surface area (Å²) in [4.78, 5) is 4.61. The summed E-state index contributed by atoms with van der Waals surface area (Å²) < 4.78 is 3.90. The molecule has 2 heterocycles. The Labute approximate surface area is 291 Å². The average molecular weight is 665 g/mol. The maximum atomic E-state index is 10.2. The highest BCUT2D eigenvalue weighted by Gasteiger charge is 2.24. The van der Waals surface area contributed by atoms with Gasteiger partial charge in [0.15, 0.2) is 11.0 Å². The number of aliphatic hydroxyl groups excluding tert-OH is 1. The maximum absolute atomic E-state index is 10.2. The van der Waals surface area contributed by atoms with Crippen LogP contribution in [0.2, 0.25) is 5.15 Å². The average Bonchev–Trinajstić information content (AvgIpc) is 3.76. The Morgan fingerprint density at radius 2 is 1.41 bits per heavy atom. The molecule has 7 nitrogen and oxygen atoms in total. The molecule has 0 bridgehead atoms. The second-order valence-corrected chi connectivity index (χ2v) is 12.4. The largest absolute Gasteiger partial charge is 0.390 e. The predicted molar refractivity (Wildman–Crippen MR) is 195 cm³/mol. The van der Waals surface area contributed by atoms with Crippen LogP contribution in [-0.4, -0.2) is 34.9 Å². The SMILES string of the molecule is CCCCc1nc(Cl)c(CO)n1Cc1ccc(-c2ccccc2)c(-c2nnnn2-c2ccccc2C(c2ccccc2)c2ccccc2)c1. The molecular formula is C41H37ClN6O. The van der Waals surface area contributed by atoms with Gasteiger partial charge >= 0.3 is 0 Å². The number of unbranched alkanes of at least 4 members (excludes halogenated alkanes) is 1. The van der Waals surface area contributed by atoms with Gasteiger partial charge in [-0.1, -0.05) is 146 Å². The number of hydrogen-bond donors (Lipinski definition) is 1. The minimum atomic E-state index is -0.189. The molecule has 0 saturated heterocycles. The van der Waals surface area contributed by atoms with Gasteiger partial charge in [0.05, 0.1) is 18.0 Å². The molecule has 0 atom stereocenters. The monoisotopic (exact) mass is 664 g/mol. The van der Waals surface area contributed by atoms with Crippen molar-refractivity contribution in [3.8, 4) is 28.2 Å². The Hall–Kier alpha value is -5.37. The molecule has 244 valence electrons. The van der Waals surface area contributed by atoms with Gasteiger partial charge in [-0.3, -0.25) is 0 Å². The van der Waals surface area contributed by atoms with Crippen molar-refractivity contribution < 1.29 is 5.11 Å². The number of hydrogen-bond acceptors (Lipinski definition) is 5. The van der Waals surface area contributed by atoms with Gasteiger partial charge in [-0.25, -0.2) is 4.98 Å². The second kappa shape index (κ2) is 14.8. The van der Waals surface area contributed by atoms with E-state index in [2.05, 4.69) is 124 Å². The van der Waals surface area contributed by atoms with Gasteiger partial charge in [-0.2, -0.15) is 4.68 Å². The van der Waals surface area contributed by atoms with E-state index >= 15 is 0 Å². The zero-order valence-corrected chi connectivity index (χ0v) is 28.1. The normalized spacial score (nSPS) is 11.3. The van der Waals surface area contributed by atoms with Crippen LogP contribution >= 0.6 is 11.6 Å². The molecule has 49 heavy (non-hydrogen) atoms. The molecule has 7 rings (SSSR count). The molecular weight excluding hydrogens is 628 g/mol. The lowest BCUT2D eigenvalue weighted by Gasteiger charge is -2.22. The molecule has 0 amide bonds. The maximum Gasteiger partial charge on any atom is 0.187 e. The summed E-state index contributed by atoms with van der Waals surface area (Å²) in [5, 5.41) is 24.1. The van der Waals surface area contributed by atoms with E-state index in [4.69, 9.17) is 11.6 Å². The van der Waals surface area contributed by atoms with Crippen molar-refractivity contribution in [3.05, 3.63) is 172 Å². The van der Waals surface area contributed by atoms with Gasteiger partial charge in [0.2, 0.25) is 0 Å². The molecule has 1 N–H and O–H groups in total. The van der Waals surface area contributed by atoms with E-state index in [9.17, 15) is 5.11 Å². The van der Waals surface area contributed by atoms with Crippen molar-refractivity contribution in [2.24, 2.45) is 0 Å². The summed E-state index contributed by atoms with van der Waals surface area (Å²) in [5.74, 6) is 1.46. The fourth-order valence-corrected chi connectivity index (χ4v) is 6.84. The zero-order valence-electron chi connectivity index (χ0n) is 27.3. The molecule has 0 aliphatic carbocycles. The minimum Gasteiger partial charge on any atom is -0.390 e. The highest BCUT2D eigenvalue weighted by atomic mass is 35.5. The third-order valence-electron chi connectivity index (χ3n) is 8.97. The van der Waals surface area contributed by atoms with E-state index in [-0.39, 0.29) is 12.5 Å². The van der Waals surface area contributed by atoms with Gasteiger partial charge in [-0.15, -0.1) is 5.10 Å². The lowest BCUT2D eigenvalue weighted by atomic mass is 9.84. The van der Waals surface area contributed by atoms with E-state index in [1.165, 1.54) is 11.1 Å². The van der Waals surface area contributed by atoms with E-state index in [0.717, 1.165) is 58.6 Å². The number of halogens is 1. The van der Waals surface area contributed by atoms with Crippen LogP contribution in [0.15, 0.2) is 133 Å². The van der Waals surface area contributed by atoms with Crippen LogP contribution in [0.5, 0.6) is 0 Å². The third-order valence-corrected chi connectivity index (χ3v) is 9.27. The van der Waals surface area contributed by atoms with Crippen molar-refractivity contribution in [2.45, 2.75) is 45.3 Å². The van der Waals surface area contributed by atoms with Gasteiger partial charge in [0.25, 0.3) is 0 Å². The van der Waals surface area contributed by atoms with Crippen LogP contribution in [0, 0.1) is 0 Å². The highest BCUT2D eigenvalue weighted by molar-refractivity contribution is 6.30. The van der Waals surface area contributed by atoms with E-state index in [1.807, 2.05) is 45.6 Å². The quantitative estimate of drug-likeness (QED) is 0.132. The van der Waals surface area contributed by atoms with Crippen LogP contribution in [0.25, 0.3) is 28.2 Å². The van der Waals surface area contributed by atoms with Crippen molar-refractivity contribution in [1.82, 2.24) is 29.8 Å². The first kappa shape index (κ1) is 32.2. The first-order valence-electron chi connectivity index (χ1n) is 16.7. The number of aromatic nitrogens is 6. The van der Waals surface area contributed by atoms with Crippen LogP contribution in [0.4, 0.5) is 0 Å². The van der Waals surface area contributed by atoms with Gasteiger partial charge in [0.1, 0.15) is 5.82 Å². The number of rotatable bonds is 12. The molecule has 0 fully saturated rings. The third kappa shape index (κ3) is 6.68. The topological polar surface area (TPSA) is 81.7 Å². The van der Waals surface area contributed by atoms with Gasteiger partial charge in [-0.05, 0) is 62.4 Å². The van der Waals surface area contributed by atoms with Gasteiger partial charge in [0, 0.05) is 24.4 Å². The van der Waals surface area contributed by atoms with Crippen molar-refractivity contribution >= 4 is 11.6 Å². The van der Waals surface area contributed by atoms with Crippen LogP contribution in [0.3, 0.4) is 0 Å². The van der Waals surface area contributed by atoms with E-state index in [1.54, 1.807) is 0 Å². The lowest BCUT2D eigenvalue weighted by molar-refractivity contribution is 0.271. The van der Waals surface area contributed by atoms with Crippen LogP contribution in [-0.2, 0) is 19.6 Å². The summed E-state index contributed by atoms with van der Waals surface area (Å²) in [5.41, 5.74) is 8.95. The molecule has 0 spiro atoms. The standard InChI is InChI=1S/C41H37ClN6O/c1-2-3-23-38-43-40(42)37(28-49)47(38)27-29-24-25-33(30-15-7-4-8-16-30)35(26-29)41-44-45-46-48(41)36-22-14-13-21-34(36)39(31-17-9-5-10-18-31)32-19-11-6-12-20-32/h4-22,24-26,39,49H,2-3,23,27-28H2,1H3. The zero-order chi connectivity index (χ0) is 33.6. The number of aliphatic hydroxyl groups is 1. The first-order chi connectivity index (χ1) is 24.2. The summed E-state index contributed by atoms with van der Waals surface area (Å²) in [6.45, 7) is 2.46. The molecule has 7 aromatic rings. The molecule has 8 heteroatoms. The number of nitrogens with zero attached hydrogens (tertiary/aromatic N) is 6. The number of aryl methyl sites for hydroxylation is 1. The van der Waals surface area contributed by atoms with Crippen molar-refractivity contribution in [3.63, 3.8) is 0 Å². The van der Waals surface area contributed by atoms with Crippen LogP contribution in [0.1, 0.15) is 59.5 Å². The Kier molecular flexibility index (Phi) is 9.73. The number of imidazole rings is 1. The Balaban J connectivity index is 1.38. The number of tetrazole rings is 1. The molecule has 0 unspecified atom stereocenters. The van der Waals surface area contributed by atoms with E-state index < -0.39 is 0 Å². The summed E-state index contributed by atoms with van der Waals surface area (Å²) in [6.07, 6.45) is 2.80. The Bertz CT molecular complexity index is 2100. The molecule has 5 aromatic carbocycles. The van der Waals surface area contributed by atoms with Crippen molar-refractivity contribution in [2.75, 3.05) is 0 Å². The fraction of sp³-hybridized carbons (Fsp3) is 0.171. The smallest absolute Gasteiger partial charge is 0.187 e. The number of benzene rings is 5. The van der Waals surface area contributed by atoms with Gasteiger partial charge < -0.3 is 9.67 Å². The second-order valence-electron chi connectivity index (χ2n) is 12.1. The summed E-state index contributed by atoms with van der Waals surface area (Å²) in [7, 11) is 0. The molecule has 0 aliphatic heterocycles. The Morgan fingerprint density at radius 3 is 2.08 bits per heavy atom. The molecule has 2 aromatic heterocycles. The summed E-state index contributed by atoms with van der Waals surface area (Å²) >= 11 is 6.51. The highest BCUT2D eigenvalue weighted by Crippen LogP contribution is 2.38. The lowest BCUT2D eigenvalue weighted by Crippen LogP contribution is -2.11. The Morgan fingerprint density at radius 1 is 0.755 bits per heavy atom. The molecule has 0 saturated carbocycles. The first-order valence-corrected chi connectivity index (χ1v) is 17.0. The summed E-state index contributed by atoms with van der Waals surface area (Å²) in [6, 6.07) is 46.1. The van der Waals surface area contributed by atoms with Crippen LogP contribution < -0.4 is 0 Å². The number of para-hydroxylation sites is 1. The minimum absolute atomic E-state index is 0.0417. The molecule has 0 aliphatic rings. The van der Waals surface area contributed by atoms with Crippen molar-refractivity contribution in [1.29, 1.82) is 0 Å². The van der Waals surface area contributed by atoms with E-state index in [0.29, 0.717) is 23.2 Å². The predicted octanol–water partition coefficient (Wildman–Crippen LogP) is 8.91. The molecule has 0 radical (unpaired) electrons.